The molecule has 0 aliphatic carbocycles. The predicted molar refractivity (Wildman–Crippen MR) is 111 cm³/mol. The molecule has 0 unspecified atom stereocenters. The van der Waals surface area contributed by atoms with Crippen molar-refractivity contribution in [1.82, 2.24) is 25.2 Å². The van der Waals surface area contributed by atoms with Gasteiger partial charge in [0, 0.05) is 29.4 Å². The molecule has 1 aromatic carbocycles. The van der Waals surface area contributed by atoms with Crippen LogP contribution in [-0.4, -0.2) is 27.3 Å². The molecule has 0 bridgehead atoms. The zero-order valence-corrected chi connectivity index (χ0v) is 16.3. The van der Waals surface area contributed by atoms with Crippen LogP contribution < -0.4 is 21.9 Å². The molecule has 0 amide bonds. The second kappa shape index (κ2) is 8.00. The Morgan fingerprint density at radius 3 is 2.59 bits per heavy atom. The van der Waals surface area contributed by atoms with Crippen LogP contribution >= 0.6 is 11.8 Å². The number of benzene rings is 1. The summed E-state index contributed by atoms with van der Waals surface area (Å²) in [7, 11) is 1.89. The standard InChI is InChI=1S/C18H22N8S/c1-11(2)24-25-12(3)21-18-23-17(9-16-22-15(19)10-26(16)18)27-14-7-5-13(20-4)6-8-14/h5-10,20,24H,1,19H2,2-4H3,(H,21,23,25). The summed E-state index contributed by atoms with van der Waals surface area (Å²) in [6.07, 6.45) is 1.71. The van der Waals surface area contributed by atoms with Gasteiger partial charge >= 0.3 is 0 Å². The summed E-state index contributed by atoms with van der Waals surface area (Å²) in [6.45, 7) is 7.46. The number of fused-ring (bicyclic) bond motifs is 1. The van der Waals surface area contributed by atoms with Gasteiger partial charge in [-0.3, -0.25) is 9.83 Å². The molecule has 2 heterocycles. The lowest BCUT2D eigenvalue weighted by Crippen LogP contribution is -2.33. The number of anilines is 2. The maximum atomic E-state index is 5.86. The van der Waals surface area contributed by atoms with Crippen molar-refractivity contribution in [3.8, 4) is 0 Å². The molecule has 2 aromatic heterocycles. The van der Waals surface area contributed by atoms with Gasteiger partial charge in [-0.1, -0.05) is 18.3 Å². The van der Waals surface area contributed by atoms with E-state index in [2.05, 4.69) is 37.7 Å². The fourth-order valence-corrected chi connectivity index (χ4v) is 3.09. The van der Waals surface area contributed by atoms with Crippen LogP contribution in [0.2, 0.25) is 0 Å². The van der Waals surface area contributed by atoms with Crippen molar-refractivity contribution in [2.45, 2.75) is 23.8 Å². The van der Waals surface area contributed by atoms with Gasteiger partial charge in [0.05, 0.1) is 6.20 Å². The minimum Gasteiger partial charge on any atom is -0.388 e. The summed E-state index contributed by atoms with van der Waals surface area (Å²) in [5, 5.41) is 3.89. The maximum absolute atomic E-state index is 5.86. The van der Waals surface area contributed by atoms with E-state index in [1.807, 2.05) is 51.2 Å². The highest BCUT2D eigenvalue weighted by Crippen LogP contribution is 2.30. The van der Waals surface area contributed by atoms with Crippen molar-refractivity contribution in [1.29, 1.82) is 0 Å². The average Bonchev–Trinajstić information content (AvgIpc) is 3.01. The minimum atomic E-state index is 0.416. The van der Waals surface area contributed by atoms with E-state index >= 15 is 0 Å². The van der Waals surface area contributed by atoms with Crippen molar-refractivity contribution in [2.24, 2.45) is 4.99 Å². The lowest BCUT2D eigenvalue weighted by molar-refractivity contribution is 0.763. The zero-order chi connectivity index (χ0) is 19.4. The normalized spacial score (nSPS) is 11.4. The lowest BCUT2D eigenvalue weighted by atomic mass is 10.3. The first-order chi connectivity index (χ1) is 12.9. The fraction of sp³-hybridized carbons (Fsp3) is 0.167. The molecule has 3 rings (SSSR count). The maximum Gasteiger partial charge on any atom is 0.238 e. The Labute approximate surface area is 162 Å². The van der Waals surface area contributed by atoms with Crippen LogP contribution in [0.15, 0.2) is 63.7 Å². The molecule has 3 aromatic rings. The Hall–Kier alpha value is -3.20. The van der Waals surface area contributed by atoms with Crippen LogP contribution in [-0.2, 0) is 0 Å². The molecule has 140 valence electrons. The number of hydrogen-bond acceptors (Lipinski definition) is 7. The molecule has 0 radical (unpaired) electrons. The van der Waals surface area contributed by atoms with E-state index in [4.69, 9.17) is 5.73 Å². The monoisotopic (exact) mass is 382 g/mol. The van der Waals surface area contributed by atoms with E-state index in [0.717, 1.165) is 21.3 Å². The van der Waals surface area contributed by atoms with Gasteiger partial charge in [-0.25, -0.2) is 9.97 Å². The first-order valence-corrected chi connectivity index (χ1v) is 9.10. The topological polar surface area (TPSA) is 105 Å². The molecule has 0 aliphatic heterocycles. The second-order valence-corrected chi connectivity index (χ2v) is 6.99. The van der Waals surface area contributed by atoms with Crippen LogP contribution in [0.4, 0.5) is 17.5 Å². The molecule has 0 spiro atoms. The van der Waals surface area contributed by atoms with Gasteiger partial charge in [0.1, 0.15) is 22.3 Å². The average molecular weight is 382 g/mol. The molecule has 9 heteroatoms. The zero-order valence-electron chi connectivity index (χ0n) is 15.4. The van der Waals surface area contributed by atoms with Gasteiger partial charge in [-0.2, -0.15) is 4.99 Å². The second-order valence-electron chi connectivity index (χ2n) is 5.89. The van der Waals surface area contributed by atoms with Crippen LogP contribution in [0.5, 0.6) is 0 Å². The van der Waals surface area contributed by atoms with Crippen molar-refractivity contribution >= 4 is 40.7 Å². The number of nitrogens with one attached hydrogen (secondary N) is 3. The number of nitrogens with zero attached hydrogens (tertiary/aromatic N) is 4. The summed E-state index contributed by atoms with van der Waals surface area (Å²) >= 11 is 1.54. The summed E-state index contributed by atoms with van der Waals surface area (Å²) in [6, 6.07) is 10.0. The summed E-state index contributed by atoms with van der Waals surface area (Å²) < 4.78 is 1.76. The first kappa shape index (κ1) is 18.6. The molecule has 5 N–H and O–H groups in total. The Bertz CT molecular complexity index is 991. The van der Waals surface area contributed by atoms with Gasteiger partial charge in [0.2, 0.25) is 5.95 Å². The van der Waals surface area contributed by atoms with Crippen LogP contribution in [0, 0.1) is 0 Å². The van der Waals surface area contributed by atoms with Crippen molar-refractivity contribution in [3.63, 3.8) is 0 Å². The highest BCUT2D eigenvalue weighted by atomic mass is 32.2. The number of nitrogen functional groups attached to an aromatic ring is 1. The number of hydrazine groups is 1. The number of imidazole rings is 1. The van der Waals surface area contributed by atoms with Gasteiger partial charge in [0.15, 0.2) is 0 Å². The molecule has 0 saturated carbocycles. The van der Waals surface area contributed by atoms with Crippen molar-refractivity contribution in [2.75, 3.05) is 18.1 Å². The number of rotatable bonds is 6. The number of nitrogens with two attached hydrogens (primary N) is 1. The van der Waals surface area contributed by atoms with E-state index in [9.17, 15) is 0 Å². The quantitative estimate of drug-likeness (QED) is 0.225. The summed E-state index contributed by atoms with van der Waals surface area (Å²) in [5.41, 5.74) is 14.3. The van der Waals surface area contributed by atoms with E-state index in [1.165, 1.54) is 11.8 Å². The molecule has 0 saturated heterocycles. The number of allylic oxidation sites excluding steroid dienone is 1. The van der Waals surface area contributed by atoms with Crippen LogP contribution in [0.25, 0.3) is 5.65 Å². The molecule has 0 fully saturated rings. The highest BCUT2D eigenvalue weighted by molar-refractivity contribution is 7.99. The molecule has 8 nitrogen and oxygen atoms in total. The van der Waals surface area contributed by atoms with E-state index in [-0.39, 0.29) is 0 Å². The Balaban J connectivity index is 1.94. The largest absolute Gasteiger partial charge is 0.388 e. The molecule has 27 heavy (non-hydrogen) atoms. The summed E-state index contributed by atoms with van der Waals surface area (Å²) in [4.78, 5) is 14.6. The molecule has 0 atom stereocenters. The Kier molecular flexibility index (Phi) is 5.51. The molecule has 0 aliphatic rings. The number of aliphatic imine (C=N–C) groups is 1. The van der Waals surface area contributed by atoms with Crippen LogP contribution in [0.3, 0.4) is 0 Å². The van der Waals surface area contributed by atoms with E-state index < -0.39 is 0 Å². The third-order valence-corrected chi connectivity index (χ3v) is 4.45. The number of aromatic nitrogens is 3. The predicted octanol–water partition coefficient (Wildman–Crippen LogP) is 3.18. The highest BCUT2D eigenvalue weighted by Gasteiger charge is 2.10. The molecular weight excluding hydrogens is 360 g/mol. The van der Waals surface area contributed by atoms with Gasteiger partial charge in [-0.05, 0) is 38.1 Å². The Morgan fingerprint density at radius 1 is 1.19 bits per heavy atom. The van der Waals surface area contributed by atoms with Crippen molar-refractivity contribution < 1.29 is 0 Å². The minimum absolute atomic E-state index is 0.416. The van der Waals surface area contributed by atoms with E-state index in [1.54, 1.807) is 10.6 Å². The van der Waals surface area contributed by atoms with E-state index in [0.29, 0.717) is 23.2 Å². The van der Waals surface area contributed by atoms with Gasteiger partial charge in [-0.15, -0.1) is 0 Å². The smallest absolute Gasteiger partial charge is 0.238 e. The third kappa shape index (κ3) is 4.70. The Morgan fingerprint density at radius 2 is 1.93 bits per heavy atom. The number of hydrogen-bond donors (Lipinski definition) is 4. The lowest BCUT2D eigenvalue weighted by Gasteiger charge is -2.09. The van der Waals surface area contributed by atoms with Crippen LogP contribution in [0.1, 0.15) is 13.8 Å². The molecular formula is C18H22N8S. The van der Waals surface area contributed by atoms with Crippen molar-refractivity contribution in [3.05, 3.63) is 48.8 Å². The van der Waals surface area contributed by atoms with Gasteiger partial charge in [0.25, 0.3) is 0 Å². The fourth-order valence-electron chi connectivity index (χ4n) is 2.29. The summed E-state index contributed by atoms with van der Waals surface area (Å²) in [5.74, 6) is 1.54. The van der Waals surface area contributed by atoms with Gasteiger partial charge < -0.3 is 16.5 Å². The third-order valence-electron chi connectivity index (χ3n) is 3.52. The SMILES string of the molecule is C=C(C)NN/C(C)=N/c1nc(Sc2ccc(NC)cc2)cc2nc(N)cn12. The number of amidine groups is 1. The first-order valence-electron chi connectivity index (χ1n) is 8.28.